The van der Waals surface area contributed by atoms with Crippen molar-refractivity contribution in [3.05, 3.63) is 102 Å². The first-order chi connectivity index (χ1) is 15.4. The zero-order chi connectivity index (χ0) is 22.6. The van der Waals surface area contributed by atoms with E-state index in [1.165, 1.54) is 9.08 Å². The summed E-state index contributed by atoms with van der Waals surface area (Å²) in [5, 5.41) is 13.7. The van der Waals surface area contributed by atoms with Gasteiger partial charge in [0.25, 0.3) is 11.1 Å². The fourth-order valence-corrected chi connectivity index (χ4v) is 4.06. The predicted molar refractivity (Wildman–Crippen MR) is 123 cm³/mol. The Labute approximate surface area is 186 Å². The number of imidazole rings is 1. The van der Waals surface area contributed by atoms with Crippen LogP contribution in [0.5, 0.6) is 0 Å². The predicted octanol–water partition coefficient (Wildman–Crippen LogP) is 3.02. The van der Waals surface area contributed by atoms with Crippen molar-refractivity contribution in [2.75, 3.05) is 0 Å². The molecule has 0 saturated carbocycles. The molecule has 0 unspecified atom stereocenters. The molecule has 0 aliphatic heterocycles. The van der Waals surface area contributed by atoms with Crippen LogP contribution in [0.15, 0.2) is 58.1 Å². The molecule has 0 bridgehead atoms. The third kappa shape index (κ3) is 2.85. The van der Waals surface area contributed by atoms with Gasteiger partial charge in [-0.05, 0) is 61.9 Å². The van der Waals surface area contributed by atoms with Gasteiger partial charge in [0.2, 0.25) is 0 Å². The number of rotatable bonds is 2. The molecule has 5 rings (SSSR count). The van der Waals surface area contributed by atoms with Gasteiger partial charge in [-0.3, -0.25) is 19.1 Å². The van der Waals surface area contributed by atoms with Crippen LogP contribution in [0.1, 0.15) is 22.4 Å². The second-order valence-electron chi connectivity index (χ2n) is 7.50. The minimum absolute atomic E-state index is 0.277. The SMILES string of the molecule is Cc1[nH]n(-c2ccc(Cl)cc2)c(=O)c1C=c1c(C)c(C#N)c2nc3ccccc3n2c1=O. The van der Waals surface area contributed by atoms with Crippen LogP contribution in [0.4, 0.5) is 0 Å². The summed E-state index contributed by atoms with van der Waals surface area (Å²) in [6.07, 6.45) is 1.55. The summed E-state index contributed by atoms with van der Waals surface area (Å²) in [7, 11) is 0. The standard InChI is InChI=1S/C24H16ClN5O2/c1-13-17(11-18-14(2)28-30(24(18)32)16-9-7-15(25)8-10-16)23(31)29-21-6-4-3-5-20(21)27-22(29)19(13)12-26/h3-11,28H,1-2H3. The first-order valence-electron chi connectivity index (χ1n) is 9.84. The van der Waals surface area contributed by atoms with Crippen molar-refractivity contribution in [2.24, 2.45) is 0 Å². The summed E-state index contributed by atoms with van der Waals surface area (Å²) in [4.78, 5) is 31.1. The summed E-state index contributed by atoms with van der Waals surface area (Å²) >= 11 is 5.95. The van der Waals surface area contributed by atoms with Crippen molar-refractivity contribution in [2.45, 2.75) is 13.8 Å². The molecule has 8 heteroatoms. The quantitative estimate of drug-likeness (QED) is 0.455. The molecule has 0 amide bonds. The molecule has 156 valence electrons. The number of aromatic nitrogens is 4. The van der Waals surface area contributed by atoms with Crippen LogP contribution in [0.2, 0.25) is 5.02 Å². The van der Waals surface area contributed by atoms with Gasteiger partial charge >= 0.3 is 0 Å². The summed E-state index contributed by atoms with van der Waals surface area (Å²) < 4.78 is 2.83. The van der Waals surface area contributed by atoms with Gasteiger partial charge in [-0.15, -0.1) is 0 Å². The fraction of sp³-hybridized carbons (Fsp3) is 0.0833. The Morgan fingerprint density at radius 3 is 2.50 bits per heavy atom. The van der Waals surface area contributed by atoms with Crippen LogP contribution in [0, 0.1) is 25.2 Å². The Hall–Kier alpha value is -4.15. The Bertz CT molecular complexity index is 1750. The third-order valence-electron chi connectivity index (χ3n) is 5.60. The normalized spacial score (nSPS) is 12.0. The number of benzene rings is 2. The van der Waals surface area contributed by atoms with Crippen LogP contribution in [0.25, 0.3) is 28.4 Å². The fourth-order valence-electron chi connectivity index (χ4n) is 3.93. The lowest BCUT2D eigenvalue weighted by Crippen LogP contribution is -2.34. The Morgan fingerprint density at radius 2 is 1.78 bits per heavy atom. The van der Waals surface area contributed by atoms with E-state index in [0.717, 1.165) is 0 Å². The summed E-state index contributed by atoms with van der Waals surface area (Å²) in [6.45, 7) is 3.46. The molecule has 0 saturated heterocycles. The number of para-hydroxylation sites is 2. The number of pyridine rings is 1. The Morgan fingerprint density at radius 1 is 1.06 bits per heavy atom. The van der Waals surface area contributed by atoms with E-state index in [0.29, 0.717) is 49.8 Å². The molecule has 0 radical (unpaired) electrons. The van der Waals surface area contributed by atoms with E-state index in [4.69, 9.17) is 11.6 Å². The maximum absolute atomic E-state index is 13.5. The number of hydrogen-bond acceptors (Lipinski definition) is 4. The molecule has 3 aromatic heterocycles. The molecular formula is C24H16ClN5O2. The van der Waals surface area contributed by atoms with Crippen LogP contribution >= 0.6 is 11.6 Å². The van der Waals surface area contributed by atoms with Crippen molar-refractivity contribution >= 4 is 34.4 Å². The minimum Gasteiger partial charge on any atom is -0.295 e. The van der Waals surface area contributed by atoms with Gasteiger partial charge < -0.3 is 0 Å². The number of halogens is 1. The van der Waals surface area contributed by atoms with Crippen molar-refractivity contribution < 1.29 is 0 Å². The number of aromatic amines is 1. The first-order valence-corrected chi connectivity index (χ1v) is 10.2. The number of hydrogen-bond donors (Lipinski definition) is 1. The highest BCUT2D eigenvalue weighted by Gasteiger charge is 2.17. The smallest absolute Gasteiger partial charge is 0.278 e. The Kier molecular flexibility index (Phi) is 4.47. The molecule has 0 aliphatic carbocycles. The van der Waals surface area contributed by atoms with E-state index in [-0.39, 0.29) is 16.3 Å². The van der Waals surface area contributed by atoms with Crippen molar-refractivity contribution in [1.29, 1.82) is 5.26 Å². The van der Waals surface area contributed by atoms with E-state index in [1.54, 1.807) is 56.3 Å². The van der Waals surface area contributed by atoms with Crippen molar-refractivity contribution in [3.8, 4) is 11.8 Å². The van der Waals surface area contributed by atoms with Crippen LogP contribution < -0.4 is 16.3 Å². The van der Waals surface area contributed by atoms with Gasteiger partial charge in [0.05, 0.1) is 27.8 Å². The van der Waals surface area contributed by atoms with Gasteiger partial charge in [-0.2, -0.15) is 5.26 Å². The van der Waals surface area contributed by atoms with Crippen molar-refractivity contribution in [1.82, 2.24) is 19.2 Å². The van der Waals surface area contributed by atoms with E-state index in [2.05, 4.69) is 16.2 Å². The zero-order valence-electron chi connectivity index (χ0n) is 17.2. The first kappa shape index (κ1) is 19.8. The van der Waals surface area contributed by atoms with Crippen LogP contribution in [-0.2, 0) is 0 Å². The second kappa shape index (κ2) is 7.22. The van der Waals surface area contributed by atoms with Gasteiger partial charge in [-0.25, -0.2) is 9.67 Å². The van der Waals surface area contributed by atoms with Gasteiger partial charge in [0.15, 0.2) is 5.65 Å². The lowest BCUT2D eigenvalue weighted by atomic mass is 10.1. The average Bonchev–Trinajstić information content (AvgIpc) is 3.30. The van der Waals surface area contributed by atoms with Gasteiger partial charge in [0, 0.05) is 15.9 Å². The zero-order valence-corrected chi connectivity index (χ0v) is 17.9. The second-order valence-corrected chi connectivity index (χ2v) is 7.94. The number of nitriles is 1. The van der Waals surface area contributed by atoms with E-state index >= 15 is 0 Å². The van der Waals surface area contributed by atoms with Crippen LogP contribution in [-0.4, -0.2) is 19.2 Å². The van der Waals surface area contributed by atoms with E-state index in [9.17, 15) is 14.9 Å². The number of fused-ring (bicyclic) bond motifs is 3. The highest BCUT2D eigenvalue weighted by molar-refractivity contribution is 6.30. The molecule has 3 heterocycles. The Balaban J connectivity index is 1.85. The molecule has 5 aromatic rings. The molecule has 0 spiro atoms. The maximum Gasteiger partial charge on any atom is 0.278 e. The number of nitrogens with one attached hydrogen (secondary N) is 1. The molecule has 7 nitrogen and oxygen atoms in total. The number of nitrogens with zero attached hydrogens (tertiary/aromatic N) is 4. The average molecular weight is 442 g/mol. The number of H-pyrrole nitrogens is 1. The van der Waals surface area contributed by atoms with E-state index < -0.39 is 0 Å². The molecule has 0 aliphatic rings. The number of aryl methyl sites for hydroxylation is 1. The van der Waals surface area contributed by atoms with Crippen LogP contribution in [0.3, 0.4) is 0 Å². The molecule has 0 fully saturated rings. The molecule has 1 N–H and O–H groups in total. The lowest BCUT2D eigenvalue weighted by Gasteiger charge is -2.02. The molecular weight excluding hydrogens is 426 g/mol. The topological polar surface area (TPSA) is 95.9 Å². The summed E-state index contributed by atoms with van der Waals surface area (Å²) in [5.41, 5.74) is 3.26. The maximum atomic E-state index is 13.5. The lowest BCUT2D eigenvalue weighted by molar-refractivity contribution is 0.835. The minimum atomic E-state index is -0.330. The van der Waals surface area contributed by atoms with Gasteiger partial charge in [0.1, 0.15) is 6.07 Å². The third-order valence-corrected chi connectivity index (χ3v) is 5.85. The van der Waals surface area contributed by atoms with E-state index in [1.807, 2.05) is 12.1 Å². The molecule has 2 aromatic carbocycles. The monoisotopic (exact) mass is 441 g/mol. The summed E-state index contributed by atoms with van der Waals surface area (Å²) in [6, 6.07) is 16.2. The molecule has 32 heavy (non-hydrogen) atoms. The largest absolute Gasteiger partial charge is 0.295 e. The summed E-state index contributed by atoms with van der Waals surface area (Å²) in [5.74, 6) is 0. The van der Waals surface area contributed by atoms with Crippen molar-refractivity contribution in [3.63, 3.8) is 0 Å². The highest BCUT2D eigenvalue weighted by Crippen LogP contribution is 2.18. The molecule has 0 atom stereocenters. The van der Waals surface area contributed by atoms with Gasteiger partial charge in [-0.1, -0.05) is 23.7 Å². The highest BCUT2D eigenvalue weighted by atomic mass is 35.5.